The summed E-state index contributed by atoms with van der Waals surface area (Å²) in [5, 5.41) is 8.98. The molecule has 0 amide bonds. The van der Waals surface area contributed by atoms with Crippen molar-refractivity contribution in [3.8, 4) is 0 Å². The summed E-state index contributed by atoms with van der Waals surface area (Å²) in [5.74, 6) is 0.707. The SMILES string of the molecule is OC1COC2CC2C1. The molecule has 0 radical (unpaired) electrons. The van der Waals surface area contributed by atoms with Gasteiger partial charge in [-0.2, -0.15) is 0 Å². The topological polar surface area (TPSA) is 29.5 Å². The van der Waals surface area contributed by atoms with Gasteiger partial charge in [-0.1, -0.05) is 0 Å². The molecular weight excluding hydrogens is 104 g/mol. The van der Waals surface area contributed by atoms with Crippen molar-refractivity contribution in [1.29, 1.82) is 0 Å². The maximum absolute atomic E-state index is 8.98. The van der Waals surface area contributed by atoms with Gasteiger partial charge in [0, 0.05) is 0 Å². The lowest BCUT2D eigenvalue weighted by molar-refractivity contribution is -0.0135. The quantitative estimate of drug-likeness (QED) is 0.486. The van der Waals surface area contributed by atoms with E-state index in [0.29, 0.717) is 18.6 Å². The smallest absolute Gasteiger partial charge is 0.0777 e. The van der Waals surface area contributed by atoms with Crippen LogP contribution in [0.5, 0.6) is 0 Å². The predicted octanol–water partition coefficient (Wildman–Crippen LogP) is 0.156. The number of fused-ring (bicyclic) bond motifs is 1. The zero-order chi connectivity index (χ0) is 5.56. The second-order valence-corrected chi connectivity index (χ2v) is 2.76. The van der Waals surface area contributed by atoms with Crippen LogP contribution in [0, 0.1) is 5.92 Å². The second kappa shape index (κ2) is 1.45. The predicted molar refractivity (Wildman–Crippen MR) is 28.5 cm³/mol. The minimum absolute atomic E-state index is 0.168. The first kappa shape index (κ1) is 4.77. The minimum Gasteiger partial charge on any atom is -0.391 e. The van der Waals surface area contributed by atoms with Crippen LogP contribution in [0.15, 0.2) is 0 Å². The summed E-state index contributed by atoms with van der Waals surface area (Å²) in [5.41, 5.74) is 0. The maximum atomic E-state index is 8.98. The number of rotatable bonds is 0. The molecule has 2 rings (SSSR count). The average Bonchev–Trinajstić information content (AvgIpc) is 2.43. The molecule has 1 aliphatic carbocycles. The standard InChI is InChI=1S/C6H10O2/c7-5-1-4-2-6(4)8-3-5/h4-7H,1-3H2. The van der Waals surface area contributed by atoms with Crippen molar-refractivity contribution in [2.24, 2.45) is 5.92 Å². The molecule has 0 aromatic heterocycles. The molecule has 1 saturated carbocycles. The summed E-state index contributed by atoms with van der Waals surface area (Å²) in [7, 11) is 0. The Morgan fingerprint density at radius 3 is 2.88 bits per heavy atom. The van der Waals surface area contributed by atoms with Crippen LogP contribution in [0.3, 0.4) is 0 Å². The Balaban J connectivity index is 1.93. The molecule has 0 spiro atoms. The Kier molecular flexibility index (Phi) is 0.866. The highest BCUT2D eigenvalue weighted by atomic mass is 16.5. The molecule has 46 valence electrons. The third-order valence-corrected chi connectivity index (χ3v) is 1.94. The van der Waals surface area contributed by atoms with Crippen LogP contribution in [-0.2, 0) is 4.74 Å². The molecular formula is C6H10O2. The lowest BCUT2D eigenvalue weighted by Gasteiger charge is -2.15. The van der Waals surface area contributed by atoms with Gasteiger partial charge in [0.2, 0.25) is 0 Å². The van der Waals surface area contributed by atoms with Gasteiger partial charge in [-0.3, -0.25) is 0 Å². The summed E-state index contributed by atoms with van der Waals surface area (Å²) in [6.45, 7) is 0.571. The first-order valence-corrected chi connectivity index (χ1v) is 3.16. The van der Waals surface area contributed by atoms with Crippen LogP contribution in [0.25, 0.3) is 0 Å². The van der Waals surface area contributed by atoms with Gasteiger partial charge in [-0.25, -0.2) is 0 Å². The molecule has 1 aliphatic heterocycles. The largest absolute Gasteiger partial charge is 0.391 e. The van der Waals surface area contributed by atoms with E-state index in [9.17, 15) is 0 Å². The van der Waals surface area contributed by atoms with Crippen molar-refractivity contribution in [3.63, 3.8) is 0 Å². The van der Waals surface area contributed by atoms with E-state index < -0.39 is 0 Å². The van der Waals surface area contributed by atoms with Crippen LogP contribution in [0.1, 0.15) is 12.8 Å². The average molecular weight is 114 g/mol. The molecule has 1 saturated heterocycles. The van der Waals surface area contributed by atoms with Gasteiger partial charge in [-0.15, -0.1) is 0 Å². The summed E-state index contributed by atoms with van der Waals surface area (Å²) < 4.78 is 5.21. The van der Waals surface area contributed by atoms with E-state index in [1.165, 1.54) is 6.42 Å². The third kappa shape index (κ3) is 0.644. The van der Waals surface area contributed by atoms with Crippen molar-refractivity contribution in [1.82, 2.24) is 0 Å². The first-order chi connectivity index (χ1) is 3.86. The second-order valence-electron chi connectivity index (χ2n) is 2.76. The number of hydrogen-bond acceptors (Lipinski definition) is 2. The van der Waals surface area contributed by atoms with Crippen molar-refractivity contribution in [3.05, 3.63) is 0 Å². The van der Waals surface area contributed by atoms with Crippen LogP contribution in [0.4, 0.5) is 0 Å². The number of aliphatic hydroxyl groups excluding tert-OH is 1. The molecule has 1 N–H and O–H groups in total. The fraction of sp³-hybridized carbons (Fsp3) is 1.00. The minimum atomic E-state index is -0.168. The Bertz CT molecular complexity index is 103. The van der Waals surface area contributed by atoms with Crippen LogP contribution in [0.2, 0.25) is 0 Å². The van der Waals surface area contributed by atoms with Gasteiger partial charge in [0.1, 0.15) is 0 Å². The normalized spacial score (nSPS) is 52.9. The summed E-state index contributed by atoms with van der Waals surface area (Å²) >= 11 is 0. The Labute approximate surface area is 48.5 Å². The summed E-state index contributed by atoms with van der Waals surface area (Å²) in [4.78, 5) is 0. The summed E-state index contributed by atoms with van der Waals surface area (Å²) in [6, 6.07) is 0. The van der Waals surface area contributed by atoms with Gasteiger partial charge < -0.3 is 9.84 Å². The lowest BCUT2D eigenvalue weighted by atomic mass is 10.1. The number of aliphatic hydroxyl groups is 1. The van der Waals surface area contributed by atoms with E-state index in [1.54, 1.807) is 0 Å². The zero-order valence-electron chi connectivity index (χ0n) is 4.71. The van der Waals surface area contributed by atoms with Gasteiger partial charge in [0.15, 0.2) is 0 Å². The number of hydrogen-bond donors (Lipinski definition) is 1. The highest BCUT2D eigenvalue weighted by Crippen LogP contribution is 2.40. The number of ether oxygens (including phenoxy) is 1. The highest BCUT2D eigenvalue weighted by Gasteiger charge is 2.42. The molecule has 1 heterocycles. The first-order valence-electron chi connectivity index (χ1n) is 3.16. The van der Waals surface area contributed by atoms with Crippen molar-refractivity contribution in [2.75, 3.05) is 6.61 Å². The highest BCUT2D eigenvalue weighted by molar-refractivity contribution is 4.92. The van der Waals surface area contributed by atoms with Crippen LogP contribution in [-0.4, -0.2) is 23.9 Å². The van der Waals surface area contributed by atoms with Crippen molar-refractivity contribution < 1.29 is 9.84 Å². The van der Waals surface area contributed by atoms with Gasteiger partial charge in [-0.05, 0) is 18.8 Å². The van der Waals surface area contributed by atoms with E-state index in [0.717, 1.165) is 6.42 Å². The van der Waals surface area contributed by atoms with Crippen molar-refractivity contribution >= 4 is 0 Å². The molecule has 2 nitrogen and oxygen atoms in total. The van der Waals surface area contributed by atoms with E-state index in [1.807, 2.05) is 0 Å². The Morgan fingerprint density at radius 2 is 2.25 bits per heavy atom. The molecule has 3 unspecified atom stereocenters. The van der Waals surface area contributed by atoms with E-state index >= 15 is 0 Å². The third-order valence-electron chi connectivity index (χ3n) is 1.94. The molecule has 2 aliphatic rings. The van der Waals surface area contributed by atoms with Gasteiger partial charge in [0.25, 0.3) is 0 Å². The van der Waals surface area contributed by atoms with Gasteiger partial charge >= 0.3 is 0 Å². The van der Waals surface area contributed by atoms with E-state index in [4.69, 9.17) is 9.84 Å². The Hall–Kier alpha value is -0.0800. The molecule has 2 fully saturated rings. The fourth-order valence-corrected chi connectivity index (χ4v) is 1.32. The molecule has 0 bridgehead atoms. The Morgan fingerprint density at radius 1 is 1.38 bits per heavy atom. The monoisotopic (exact) mass is 114 g/mol. The van der Waals surface area contributed by atoms with Gasteiger partial charge in [0.05, 0.1) is 18.8 Å². The fourth-order valence-electron chi connectivity index (χ4n) is 1.32. The van der Waals surface area contributed by atoms with E-state index in [-0.39, 0.29) is 6.10 Å². The summed E-state index contributed by atoms with van der Waals surface area (Å²) in [6.07, 6.45) is 2.53. The van der Waals surface area contributed by atoms with Crippen LogP contribution < -0.4 is 0 Å². The molecule has 0 aromatic carbocycles. The molecule has 0 aromatic rings. The van der Waals surface area contributed by atoms with Crippen LogP contribution >= 0.6 is 0 Å². The van der Waals surface area contributed by atoms with Crippen molar-refractivity contribution in [2.45, 2.75) is 25.0 Å². The maximum Gasteiger partial charge on any atom is 0.0777 e. The zero-order valence-corrected chi connectivity index (χ0v) is 4.71. The van der Waals surface area contributed by atoms with E-state index in [2.05, 4.69) is 0 Å². The molecule has 2 heteroatoms. The molecule has 8 heavy (non-hydrogen) atoms. The lowest BCUT2D eigenvalue weighted by Crippen LogP contribution is -2.22. The molecule has 3 atom stereocenters.